The van der Waals surface area contributed by atoms with Crippen molar-refractivity contribution in [3.8, 4) is 5.75 Å². The summed E-state index contributed by atoms with van der Waals surface area (Å²) in [5.41, 5.74) is 1.96. The average Bonchev–Trinajstić information content (AvgIpc) is 2.38. The SMILES string of the molecule is CCCNCC1(O)CCc2ccc(OC)cc2C1. The molecule has 0 saturated carbocycles. The smallest absolute Gasteiger partial charge is 0.119 e. The minimum absolute atomic E-state index is 0.603. The molecular weight excluding hydrogens is 226 g/mol. The van der Waals surface area contributed by atoms with Gasteiger partial charge in [-0.1, -0.05) is 13.0 Å². The van der Waals surface area contributed by atoms with Gasteiger partial charge in [0.15, 0.2) is 0 Å². The second kappa shape index (κ2) is 5.72. The highest BCUT2D eigenvalue weighted by molar-refractivity contribution is 5.38. The number of aliphatic hydroxyl groups is 1. The molecule has 0 spiro atoms. The zero-order valence-electron chi connectivity index (χ0n) is 11.3. The van der Waals surface area contributed by atoms with E-state index in [1.54, 1.807) is 7.11 Å². The van der Waals surface area contributed by atoms with Crippen molar-refractivity contribution in [2.24, 2.45) is 0 Å². The highest BCUT2D eigenvalue weighted by Crippen LogP contribution is 2.30. The van der Waals surface area contributed by atoms with Gasteiger partial charge in [0, 0.05) is 13.0 Å². The summed E-state index contributed by atoms with van der Waals surface area (Å²) in [4.78, 5) is 0. The summed E-state index contributed by atoms with van der Waals surface area (Å²) < 4.78 is 5.25. The minimum atomic E-state index is -0.603. The topological polar surface area (TPSA) is 41.5 Å². The first-order valence-electron chi connectivity index (χ1n) is 6.76. The zero-order valence-corrected chi connectivity index (χ0v) is 11.3. The van der Waals surface area contributed by atoms with Gasteiger partial charge in [-0.05, 0) is 49.1 Å². The monoisotopic (exact) mass is 249 g/mol. The number of nitrogens with one attached hydrogen (secondary N) is 1. The van der Waals surface area contributed by atoms with E-state index in [-0.39, 0.29) is 0 Å². The first-order chi connectivity index (χ1) is 8.67. The van der Waals surface area contributed by atoms with Crippen LogP contribution in [0.1, 0.15) is 30.9 Å². The second-order valence-electron chi connectivity index (χ2n) is 5.21. The molecule has 0 radical (unpaired) electrons. The second-order valence-corrected chi connectivity index (χ2v) is 5.21. The third-order valence-electron chi connectivity index (χ3n) is 3.67. The van der Waals surface area contributed by atoms with Crippen LogP contribution in [0.15, 0.2) is 18.2 Å². The summed E-state index contributed by atoms with van der Waals surface area (Å²) in [6.45, 7) is 3.78. The Morgan fingerprint density at radius 1 is 1.39 bits per heavy atom. The van der Waals surface area contributed by atoms with E-state index in [1.165, 1.54) is 11.1 Å². The van der Waals surface area contributed by atoms with Crippen LogP contribution in [-0.4, -0.2) is 30.9 Å². The maximum atomic E-state index is 10.6. The zero-order chi connectivity index (χ0) is 13.0. The van der Waals surface area contributed by atoms with Gasteiger partial charge in [0.2, 0.25) is 0 Å². The van der Waals surface area contributed by atoms with E-state index in [2.05, 4.69) is 24.4 Å². The average molecular weight is 249 g/mol. The number of fused-ring (bicyclic) bond motifs is 1. The molecule has 2 N–H and O–H groups in total. The summed E-state index contributed by atoms with van der Waals surface area (Å²) in [6.07, 6.45) is 3.60. The van der Waals surface area contributed by atoms with Gasteiger partial charge in [-0.3, -0.25) is 0 Å². The Hall–Kier alpha value is -1.06. The van der Waals surface area contributed by atoms with Crippen LogP contribution in [0, 0.1) is 0 Å². The van der Waals surface area contributed by atoms with Crippen molar-refractivity contribution < 1.29 is 9.84 Å². The van der Waals surface area contributed by atoms with Gasteiger partial charge in [0.1, 0.15) is 5.75 Å². The van der Waals surface area contributed by atoms with Gasteiger partial charge in [-0.2, -0.15) is 0 Å². The van der Waals surface area contributed by atoms with E-state index >= 15 is 0 Å². The molecule has 1 aliphatic rings. The molecule has 3 heteroatoms. The van der Waals surface area contributed by atoms with E-state index in [0.717, 1.165) is 38.0 Å². The van der Waals surface area contributed by atoms with Gasteiger partial charge in [-0.15, -0.1) is 0 Å². The van der Waals surface area contributed by atoms with Gasteiger partial charge in [0.25, 0.3) is 0 Å². The number of benzene rings is 1. The van der Waals surface area contributed by atoms with Crippen LogP contribution < -0.4 is 10.1 Å². The molecule has 0 saturated heterocycles. The highest BCUT2D eigenvalue weighted by Gasteiger charge is 2.31. The quantitative estimate of drug-likeness (QED) is 0.783. The van der Waals surface area contributed by atoms with E-state index in [0.29, 0.717) is 6.54 Å². The molecule has 0 aliphatic heterocycles. The molecule has 1 atom stereocenters. The Labute approximate surface area is 109 Å². The normalized spacial score (nSPS) is 22.6. The van der Waals surface area contributed by atoms with Gasteiger partial charge < -0.3 is 15.2 Å². The van der Waals surface area contributed by atoms with Crippen LogP contribution >= 0.6 is 0 Å². The Bertz CT molecular complexity index is 405. The van der Waals surface area contributed by atoms with Crippen LogP contribution in [-0.2, 0) is 12.8 Å². The predicted molar refractivity (Wildman–Crippen MR) is 73.1 cm³/mol. The molecular formula is C15H23NO2. The van der Waals surface area contributed by atoms with Crippen molar-refractivity contribution in [2.45, 2.75) is 38.2 Å². The molecule has 100 valence electrons. The third-order valence-corrected chi connectivity index (χ3v) is 3.67. The van der Waals surface area contributed by atoms with E-state index in [4.69, 9.17) is 4.74 Å². The van der Waals surface area contributed by atoms with E-state index < -0.39 is 5.60 Å². The van der Waals surface area contributed by atoms with Crippen LogP contribution in [0.5, 0.6) is 5.75 Å². The molecule has 1 aliphatic carbocycles. The number of methoxy groups -OCH3 is 1. The van der Waals surface area contributed by atoms with Gasteiger partial charge in [0.05, 0.1) is 12.7 Å². The number of rotatable bonds is 5. The Morgan fingerprint density at radius 3 is 2.94 bits per heavy atom. The molecule has 2 rings (SSSR count). The molecule has 1 aromatic rings. The van der Waals surface area contributed by atoms with Crippen molar-refractivity contribution in [1.29, 1.82) is 0 Å². The fourth-order valence-electron chi connectivity index (χ4n) is 2.60. The summed E-state index contributed by atoms with van der Waals surface area (Å²) in [5.74, 6) is 0.875. The van der Waals surface area contributed by atoms with Crippen molar-refractivity contribution >= 4 is 0 Å². The number of hydrogen-bond acceptors (Lipinski definition) is 3. The van der Waals surface area contributed by atoms with Crippen LogP contribution in [0.3, 0.4) is 0 Å². The molecule has 0 amide bonds. The van der Waals surface area contributed by atoms with Gasteiger partial charge >= 0.3 is 0 Å². The molecule has 1 aromatic carbocycles. The number of aryl methyl sites for hydroxylation is 1. The van der Waals surface area contributed by atoms with Crippen LogP contribution in [0.4, 0.5) is 0 Å². The van der Waals surface area contributed by atoms with Crippen molar-refractivity contribution in [3.05, 3.63) is 29.3 Å². The first-order valence-corrected chi connectivity index (χ1v) is 6.76. The molecule has 0 bridgehead atoms. The van der Waals surface area contributed by atoms with Crippen molar-refractivity contribution in [1.82, 2.24) is 5.32 Å². The van der Waals surface area contributed by atoms with Gasteiger partial charge in [-0.25, -0.2) is 0 Å². The molecule has 0 heterocycles. The lowest BCUT2D eigenvalue weighted by atomic mass is 9.80. The Morgan fingerprint density at radius 2 is 2.22 bits per heavy atom. The van der Waals surface area contributed by atoms with E-state index in [1.807, 2.05) is 6.07 Å². The highest BCUT2D eigenvalue weighted by atomic mass is 16.5. The molecule has 1 unspecified atom stereocenters. The largest absolute Gasteiger partial charge is 0.497 e. The predicted octanol–water partition coefficient (Wildman–Crippen LogP) is 1.91. The maximum Gasteiger partial charge on any atom is 0.119 e. The Balaban J connectivity index is 2.07. The summed E-state index contributed by atoms with van der Waals surface area (Å²) >= 11 is 0. The lowest BCUT2D eigenvalue weighted by Gasteiger charge is -2.34. The standard InChI is InChI=1S/C15H23NO2/c1-3-8-16-11-15(17)7-6-12-4-5-14(18-2)9-13(12)10-15/h4-5,9,16-17H,3,6-8,10-11H2,1-2H3. The first kappa shape index (κ1) is 13.4. The summed E-state index contributed by atoms with van der Waals surface area (Å²) in [6, 6.07) is 6.17. The summed E-state index contributed by atoms with van der Waals surface area (Å²) in [5, 5.41) is 13.9. The van der Waals surface area contributed by atoms with Crippen LogP contribution in [0.2, 0.25) is 0 Å². The van der Waals surface area contributed by atoms with Crippen molar-refractivity contribution in [2.75, 3.05) is 20.2 Å². The lowest BCUT2D eigenvalue weighted by molar-refractivity contribution is 0.0269. The molecule has 0 aromatic heterocycles. The fraction of sp³-hybridized carbons (Fsp3) is 0.600. The third kappa shape index (κ3) is 3.03. The van der Waals surface area contributed by atoms with Crippen molar-refractivity contribution in [3.63, 3.8) is 0 Å². The maximum absolute atomic E-state index is 10.6. The molecule has 0 fully saturated rings. The number of hydrogen-bond donors (Lipinski definition) is 2. The van der Waals surface area contributed by atoms with Crippen LogP contribution in [0.25, 0.3) is 0 Å². The number of ether oxygens (including phenoxy) is 1. The summed E-state index contributed by atoms with van der Waals surface area (Å²) in [7, 11) is 1.68. The van der Waals surface area contributed by atoms with E-state index in [9.17, 15) is 5.11 Å². The molecule has 3 nitrogen and oxygen atoms in total. The fourth-order valence-corrected chi connectivity index (χ4v) is 2.60. The molecule has 18 heavy (non-hydrogen) atoms. The lowest BCUT2D eigenvalue weighted by Crippen LogP contribution is -2.45. The Kier molecular flexibility index (Phi) is 4.25. The minimum Gasteiger partial charge on any atom is -0.497 e.